The summed E-state index contributed by atoms with van der Waals surface area (Å²) < 4.78 is 0. The Hall–Kier alpha value is -2.04. The van der Waals surface area contributed by atoms with Gasteiger partial charge in [-0.3, -0.25) is 0 Å². The fourth-order valence-corrected chi connectivity index (χ4v) is 2.63. The van der Waals surface area contributed by atoms with Gasteiger partial charge in [-0.1, -0.05) is 44.0 Å². The third-order valence-corrected chi connectivity index (χ3v) is 3.85. The number of amides is 2. The van der Waals surface area contributed by atoms with Crippen molar-refractivity contribution in [2.45, 2.75) is 45.2 Å². The zero-order valence-corrected chi connectivity index (χ0v) is 12.3. The SMILES string of the molecule is CCCCCNC(=O)N1Cc2ccccc2CC1C(=O)O. The average molecular weight is 290 g/mol. The van der Waals surface area contributed by atoms with Gasteiger partial charge in [-0.25, -0.2) is 9.59 Å². The number of nitrogens with one attached hydrogen (secondary N) is 1. The molecule has 21 heavy (non-hydrogen) atoms. The van der Waals surface area contributed by atoms with Crippen LogP contribution in [0.3, 0.4) is 0 Å². The first-order chi connectivity index (χ1) is 10.1. The van der Waals surface area contributed by atoms with Gasteiger partial charge in [-0.15, -0.1) is 0 Å². The molecule has 0 radical (unpaired) electrons. The molecule has 0 fully saturated rings. The highest BCUT2D eigenvalue weighted by Crippen LogP contribution is 2.23. The summed E-state index contributed by atoms with van der Waals surface area (Å²) in [6.45, 7) is 3.05. The summed E-state index contributed by atoms with van der Waals surface area (Å²) in [4.78, 5) is 25.1. The summed E-state index contributed by atoms with van der Waals surface area (Å²) in [5.41, 5.74) is 2.04. The maximum atomic E-state index is 12.2. The molecule has 1 unspecified atom stereocenters. The first-order valence-electron chi connectivity index (χ1n) is 7.47. The van der Waals surface area contributed by atoms with Gasteiger partial charge in [0, 0.05) is 19.5 Å². The maximum Gasteiger partial charge on any atom is 0.326 e. The van der Waals surface area contributed by atoms with Gasteiger partial charge in [-0.2, -0.15) is 0 Å². The van der Waals surface area contributed by atoms with Crippen LogP contribution >= 0.6 is 0 Å². The second-order valence-corrected chi connectivity index (χ2v) is 5.39. The summed E-state index contributed by atoms with van der Waals surface area (Å²) in [5.74, 6) is -0.951. The molecule has 0 bridgehead atoms. The molecule has 5 heteroatoms. The summed E-state index contributed by atoms with van der Waals surface area (Å²) in [5, 5.41) is 12.2. The Morgan fingerprint density at radius 3 is 2.67 bits per heavy atom. The van der Waals surface area contributed by atoms with Crippen LogP contribution in [0.4, 0.5) is 4.79 Å². The fourth-order valence-electron chi connectivity index (χ4n) is 2.63. The Bertz CT molecular complexity index is 516. The van der Waals surface area contributed by atoms with Crippen molar-refractivity contribution in [3.05, 3.63) is 35.4 Å². The van der Waals surface area contributed by atoms with Gasteiger partial charge in [0.1, 0.15) is 6.04 Å². The van der Waals surface area contributed by atoms with Crippen molar-refractivity contribution in [2.24, 2.45) is 0 Å². The smallest absolute Gasteiger partial charge is 0.326 e. The molecule has 5 nitrogen and oxygen atoms in total. The number of carbonyl (C=O) groups excluding carboxylic acids is 1. The quantitative estimate of drug-likeness (QED) is 0.818. The highest BCUT2D eigenvalue weighted by atomic mass is 16.4. The van der Waals surface area contributed by atoms with Crippen LogP contribution in [0.25, 0.3) is 0 Å². The molecule has 1 aromatic carbocycles. The molecule has 114 valence electrons. The number of fused-ring (bicyclic) bond motifs is 1. The molecule has 1 atom stereocenters. The van der Waals surface area contributed by atoms with Crippen molar-refractivity contribution in [1.29, 1.82) is 0 Å². The van der Waals surface area contributed by atoms with Crippen molar-refractivity contribution in [2.75, 3.05) is 6.54 Å². The zero-order chi connectivity index (χ0) is 15.2. The molecule has 1 aromatic rings. The van der Waals surface area contributed by atoms with E-state index < -0.39 is 12.0 Å². The number of hydrogen-bond acceptors (Lipinski definition) is 2. The van der Waals surface area contributed by atoms with Crippen molar-refractivity contribution in [3.63, 3.8) is 0 Å². The highest BCUT2D eigenvalue weighted by molar-refractivity contribution is 5.83. The number of nitrogens with zero attached hydrogens (tertiary/aromatic N) is 1. The Kier molecular flexibility index (Phi) is 5.20. The van der Waals surface area contributed by atoms with E-state index in [0.29, 0.717) is 19.5 Å². The van der Waals surface area contributed by atoms with Gasteiger partial charge in [0.2, 0.25) is 0 Å². The summed E-state index contributed by atoms with van der Waals surface area (Å²) in [6.07, 6.45) is 3.44. The predicted octanol–water partition coefficient (Wildman–Crippen LogP) is 2.40. The van der Waals surface area contributed by atoms with Gasteiger partial charge >= 0.3 is 12.0 Å². The monoisotopic (exact) mass is 290 g/mol. The van der Waals surface area contributed by atoms with Gasteiger partial charge in [-0.05, 0) is 17.5 Å². The van der Waals surface area contributed by atoms with Crippen LogP contribution in [0.2, 0.25) is 0 Å². The number of carboxylic acids is 1. The van der Waals surface area contributed by atoms with E-state index in [4.69, 9.17) is 0 Å². The Morgan fingerprint density at radius 2 is 2.00 bits per heavy atom. The van der Waals surface area contributed by atoms with Gasteiger partial charge in [0.25, 0.3) is 0 Å². The lowest BCUT2D eigenvalue weighted by molar-refractivity contribution is -0.142. The van der Waals surface area contributed by atoms with E-state index in [1.54, 1.807) is 0 Å². The predicted molar refractivity (Wildman–Crippen MR) is 80.0 cm³/mol. The molecule has 2 amide bonds. The minimum Gasteiger partial charge on any atom is -0.480 e. The molecule has 1 aliphatic rings. The van der Waals surface area contributed by atoms with Crippen LogP contribution in [0, 0.1) is 0 Å². The van der Waals surface area contributed by atoms with Crippen molar-refractivity contribution >= 4 is 12.0 Å². The fraction of sp³-hybridized carbons (Fsp3) is 0.500. The average Bonchev–Trinajstić information content (AvgIpc) is 2.50. The zero-order valence-electron chi connectivity index (χ0n) is 12.3. The number of carbonyl (C=O) groups is 2. The van der Waals surface area contributed by atoms with E-state index in [0.717, 1.165) is 30.4 Å². The third-order valence-electron chi connectivity index (χ3n) is 3.85. The molecule has 0 aromatic heterocycles. The first-order valence-corrected chi connectivity index (χ1v) is 7.47. The molecule has 1 aliphatic heterocycles. The van der Waals surface area contributed by atoms with Gasteiger partial charge in [0.15, 0.2) is 0 Å². The molecule has 2 rings (SSSR count). The van der Waals surface area contributed by atoms with Crippen LogP contribution in [0.15, 0.2) is 24.3 Å². The molecule has 1 heterocycles. The number of aliphatic carboxylic acids is 1. The topological polar surface area (TPSA) is 69.6 Å². The van der Waals surface area contributed by atoms with Gasteiger partial charge < -0.3 is 15.3 Å². The number of benzene rings is 1. The first kappa shape index (κ1) is 15.4. The Labute approximate surface area is 125 Å². The van der Waals surface area contributed by atoms with Crippen molar-refractivity contribution < 1.29 is 14.7 Å². The second kappa shape index (κ2) is 7.11. The van der Waals surface area contributed by atoms with Crippen molar-refractivity contribution in [1.82, 2.24) is 10.2 Å². The molecule has 2 N–H and O–H groups in total. The summed E-state index contributed by atoms with van der Waals surface area (Å²) >= 11 is 0. The van der Waals surface area contributed by atoms with E-state index in [9.17, 15) is 14.7 Å². The number of urea groups is 1. The molecule has 0 saturated heterocycles. The third kappa shape index (κ3) is 3.74. The largest absolute Gasteiger partial charge is 0.480 e. The summed E-state index contributed by atoms with van der Waals surface area (Å²) in [6, 6.07) is 6.63. The molecular weight excluding hydrogens is 268 g/mol. The number of carboxylic acid groups (broad SMARTS) is 1. The molecule has 0 saturated carbocycles. The highest BCUT2D eigenvalue weighted by Gasteiger charge is 2.34. The maximum absolute atomic E-state index is 12.2. The van der Waals surface area contributed by atoms with E-state index in [1.165, 1.54) is 4.90 Å². The van der Waals surface area contributed by atoms with Crippen molar-refractivity contribution in [3.8, 4) is 0 Å². The Balaban J connectivity index is 2.06. The molecular formula is C16H22N2O3. The standard InChI is InChI=1S/C16H22N2O3/c1-2-3-6-9-17-16(21)18-11-13-8-5-4-7-12(13)10-14(18)15(19)20/h4-5,7-8,14H,2-3,6,9-11H2,1H3,(H,17,21)(H,19,20). The van der Waals surface area contributed by atoms with Crippen LogP contribution in [-0.2, 0) is 17.8 Å². The lowest BCUT2D eigenvalue weighted by atomic mass is 9.94. The molecule has 0 aliphatic carbocycles. The lowest BCUT2D eigenvalue weighted by Crippen LogP contribution is -2.52. The van der Waals surface area contributed by atoms with Crippen LogP contribution in [-0.4, -0.2) is 34.6 Å². The minimum absolute atomic E-state index is 0.284. The van der Waals surface area contributed by atoms with E-state index in [2.05, 4.69) is 12.2 Å². The van der Waals surface area contributed by atoms with Crippen LogP contribution in [0.5, 0.6) is 0 Å². The molecule has 0 spiro atoms. The summed E-state index contributed by atoms with van der Waals surface area (Å²) in [7, 11) is 0. The second-order valence-electron chi connectivity index (χ2n) is 5.39. The van der Waals surface area contributed by atoms with Crippen LogP contribution in [0.1, 0.15) is 37.3 Å². The Morgan fingerprint density at radius 1 is 1.29 bits per heavy atom. The van der Waals surface area contributed by atoms with E-state index in [-0.39, 0.29) is 6.03 Å². The lowest BCUT2D eigenvalue weighted by Gasteiger charge is -2.34. The van der Waals surface area contributed by atoms with E-state index in [1.807, 2.05) is 24.3 Å². The normalized spacial score (nSPS) is 17.2. The number of unbranched alkanes of at least 4 members (excludes halogenated alkanes) is 2. The number of hydrogen-bond donors (Lipinski definition) is 2. The number of rotatable bonds is 5. The van der Waals surface area contributed by atoms with Gasteiger partial charge in [0.05, 0.1) is 0 Å². The van der Waals surface area contributed by atoms with E-state index >= 15 is 0 Å². The minimum atomic E-state index is -0.951. The van der Waals surface area contributed by atoms with Crippen LogP contribution < -0.4 is 5.32 Å².